The molecule has 0 bridgehead atoms. The highest BCUT2D eigenvalue weighted by atomic mass is 32.2. The number of rotatable bonds is 8. The number of nitrogens with one attached hydrogen (secondary N) is 2. The lowest BCUT2D eigenvalue weighted by molar-refractivity contribution is -0.119. The van der Waals surface area contributed by atoms with Gasteiger partial charge in [0.05, 0.1) is 10.5 Å². The molecule has 10 heteroatoms. The molecule has 2 heterocycles. The SMILES string of the molecule is O=C1NC(=O)C(Cc2ccc(Oc3cccc(Oc4ccc(CC5SC(=O)NC5=O)cc4)c3)cc2)S1. The van der Waals surface area contributed by atoms with Crippen LogP contribution in [0, 0.1) is 0 Å². The van der Waals surface area contributed by atoms with Crippen LogP contribution in [-0.2, 0) is 22.4 Å². The van der Waals surface area contributed by atoms with E-state index in [1.807, 2.05) is 66.7 Å². The summed E-state index contributed by atoms with van der Waals surface area (Å²) in [4.78, 5) is 46.2. The Morgan fingerprint density at radius 2 is 1.00 bits per heavy atom. The van der Waals surface area contributed by atoms with E-state index < -0.39 is 10.5 Å². The summed E-state index contributed by atoms with van der Waals surface area (Å²) >= 11 is 2.02. The molecule has 2 aliphatic rings. The largest absolute Gasteiger partial charge is 0.457 e. The van der Waals surface area contributed by atoms with Gasteiger partial charge < -0.3 is 9.47 Å². The Morgan fingerprint density at radius 3 is 1.36 bits per heavy atom. The summed E-state index contributed by atoms with van der Waals surface area (Å²) in [7, 11) is 0. The first-order valence-corrected chi connectivity index (χ1v) is 12.8. The van der Waals surface area contributed by atoms with Gasteiger partial charge in [-0.25, -0.2) is 0 Å². The molecule has 2 N–H and O–H groups in total. The van der Waals surface area contributed by atoms with Gasteiger partial charge in [0.2, 0.25) is 11.8 Å². The average Bonchev–Trinajstić information content (AvgIpc) is 3.34. The molecule has 36 heavy (non-hydrogen) atoms. The van der Waals surface area contributed by atoms with Gasteiger partial charge in [-0.2, -0.15) is 0 Å². The molecule has 2 fully saturated rings. The number of benzene rings is 3. The molecule has 0 saturated carbocycles. The normalized spacial score (nSPS) is 19.2. The van der Waals surface area contributed by atoms with Gasteiger partial charge in [0.25, 0.3) is 10.5 Å². The number of thioether (sulfide) groups is 2. The molecular formula is C26H20N2O6S2. The first-order valence-electron chi connectivity index (χ1n) is 11.1. The highest BCUT2D eigenvalue weighted by molar-refractivity contribution is 8.15. The molecule has 0 spiro atoms. The molecule has 4 amide bonds. The van der Waals surface area contributed by atoms with Crippen molar-refractivity contribution in [3.8, 4) is 23.0 Å². The summed E-state index contributed by atoms with van der Waals surface area (Å²) in [6, 6.07) is 22.0. The van der Waals surface area contributed by atoms with Gasteiger partial charge in [-0.05, 0) is 60.4 Å². The maximum Gasteiger partial charge on any atom is 0.286 e. The van der Waals surface area contributed by atoms with Crippen LogP contribution >= 0.6 is 23.5 Å². The van der Waals surface area contributed by atoms with Gasteiger partial charge >= 0.3 is 0 Å². The van der Waals surface area contributed by atoms with E-state index in [9.17, 15) is 19.2 Å². The molecule has 3 aromatic rings. The Kier molecular flexibility index (Phi) is 6.97. The summed E-state index contributed by atoms with van der Waals surface area (Å²) in [5, 5.41) is 3.17. The van der Waals surface area contributed by atoms with Crippen LogP contribution in [0.2, 0.25) is 0 Å². The van der Waals surface area contributed by atoms with Crippen molar-refractivity contribution >= 4 is 45.8 Å². The Labute approximate surface area is 215 Å². The number of carbonyl (C=O) groups is 4. The van der Waals surface area contributed by atoms with Crippen LogP contribution in [0.25, 0.3) is 0 Å². The number of imide groups is 2. The zero-order chi connectivity index (χ0) is 25.1. The van der Waals surface area contributed by atoms with Crippen LogP contribution in [0.4, 0.5) is 9.59 Å². The van der Waals surface area contributed by atoms with E-state index in [1.54, 1.807) is 6.07 Å². The summed E-state index contributed by atoms with van der Waals surface area (Å²) < 4.78 is 11.9. The predicted octanol–water partition coefficient (Wildman–Crippen LogP) is 5.06. The van der Waals surface area contributed by atoms with Gasteiger partial charge in [-0.3, -0.25) is 29.8 Å². The molecular weight excluding hydrogens is 500 g/mol. The molecule has 0 aliphatic carbocycles. The number of hydrogen-bond acceptors (Lipinski definition) is 8. The van der Waals surface area contributed by atoms with Crippen LogP contribution in [0.1, 0.15) is 11.1 Å². The number of amides is 4. The summed E-state index contributed by atoms with van der Waals surface area (Å²) in [6.45, 7) is 0. The van der Waals surface area contributed by atoms with Crippen LogP contribution in [0.15, 0.2) is 72.8 Å². The summed E-state index contributed by atoms with van der Waals surface area (Å²) in [5.41, 5.74) is 1.87. The highest BCUT2D eigenvalue weighted by Gasteiger charge is 2.32. The molecule has 0 radical (unpaired) electrons. The average molecular weight is 521 g/mol. The lowest BCUT2D eigenvalue weighted by Gasteiger charge is -2.11. The maximum absolute atomic E-state index is 11.8. The van der Waals surface area contributed by atoms with E-state index >= 15 is 0 Å². The molecule has 2 saturated heterocycles. The van der Waals surface area contributed by atoms with Crippen LogP contribution in [-0.4, -0.2) is 32.8 Å². The van der Waals surface area contributed by atoms with Crippen molar-refractivity contribution in [2.45, 2.75) is 23.3 Å². The Hall–Kier alpha value is -3.76. The van der Waals surface area contributed by atoms with Crippen molar-refractivity contribution in [2.75, 3.05) is 0 Å². The Morgan fingerprint density at radius 1 is 0.583 bits per heavy atom. The monoisotopic (exact) mass is 520 g/mol. The van der Waals surface area contributed by atoms with Crippen molar-refractivity contribution in [3.63, 3.8) is 0 Å². The molecule has 2 atom stereocenters. The number of carbonyl (C=O) groups excluding carboxylic acids is 4. The Bertz CT molecular complexity index is 1230. The minimum Gasteiger partial charge on any atom is -0.457 e. The van der Waals surface area contributed by atoms with Gasteiger partial charge in [0, 0.05) is 6.07 Å². The fourth-order valence-corrected chi connectivity index (χ4v) is 5.46. The van der Waals surface area contributed by atoms with Gasteiger partial charge in [-0.15, -0.1) is 0 Å². The second-order valence-electron chi connectivity index (χ2n) is 8.14. The van der Waals surface area contributed by atoms with Gasteiger partial charge in [0.1, 0.15) is 23.0 Å². The zero-order valence-corrected chi connectivity index (χ0v) is 20.4. The molecule has 2 aliphatic heterocycles. The van der Waals surface area contributed by atoms with E-state index in [0.717, 1.165) is 34.7 Å². The lowest BCUT2D eigenvalue weighted by atomic mass is 10.1. The molecule has 8 nitrogen and oxygen atoms in total. The lowest BCUT2D eigenvalue weighted by Crippen LogP contribution is -2.25. The maximum atomic E-state index is 11.8. The number of hydrogen-bond donors (Lipinski definition) is 2. The molecule has 182 valence electrons. The minimum absolute atomic E-state index is 0.256. The van der Waals surface area contributed by atoms with Crippen molar-refractivity contribution in [2.24, 2.45) is 0 Å². The van der Waals surface area contributed by atoms with Crippen LogP contribution in [0.5, 0.6) is 23.0 Å². The molecule has 0 aromatic heterocycles. The third-order valence-electron chi connectivity index (χ3n) is 5.50. The van der Waals surface area contributed by atoms with Crippen LogP contribution in [0.3, 0.4) is 0 Å². The van der Waals surface area contributed by atoms with Gasteiger partial charge in [0.15, 0.2) is 0 Å². The van der Waals surface area contributed by atoms with E-state index in [1.165, 1.54) is 0 Å². The second-order valence-corrected chi connectivity index (χ2v) is 10.5. The quantitative estimate of drug-likeness (QED) is 0.424. The standard InChI is InChI=1S/C26H20N2O6S2/c29-23-21(35-25(31)27-23)12-15-4-8-17(9-5-15)33-19-2-1-3-20(14-19)34-18-10-6-16(7-11-18)13-22-24(30)28-26(32)36-22/h1-11,14,21-22H,12-13H2,(H,27,29,31)(H,28,30,32). The van der Waals surface area contributed by atoms with E-state index in [2.05, 4.69) is 10.6 Å². The number of ether oxygens (including phenoxy) is 2. The zero-order valence-electron chi connectivity index (χ0n) is 18.8. The summed E-state index contributed by atoms with van der Waals surface area (Å²) in [6.07, 6.45) is 0.935. The third kappa shape index (κ3) is 5.89. The fourth-order valence-electron chi connectivity index (χ4n) is 3.74. The Balaban J connectivity index is 1.17. The van der Waals surface area contributed by atoms with E-state index in [4.69, 9.17) is 9.47 Å². The van der Waals surface area contributed by atoms with Crippen molar-refractivity contribution in [1.82, 2.24) is 10.6 Å². The third-order valence-corrected chi connectivity index (χ3v) is 7.46. The van der Waals surface area contributed by atoms with Crippen molar-refractivity contribution in [1.29, 1.82) is 0 Å². The van der Waals surface area contributed by atoms with Crippen molar-refractivity contribution < 1.29 is 28.7 Å². The second kappa shape index (κ2) is 10.5. The highest BCUT2D eigenvalue weighted by Crippen LogP contribution is 2.30. The molecule has 5 rings (SSSR count). The smallest absolute Gasteiger partial charge is 0.286 e. The molecule has 2 unspecified atom stereocenters. The fraction of sp³-hybridized carbons (Fsp3) is 0.154. The minimum atomic E-state index is -0.405. The summed E-state index contributed by atoms with van der Waals surface area (Å²) in [5.74, 6) is 1.95. The van der Waals surface area contributed by atoms with Gasteiger partial charge in [-0.1, -0.05) is 53.9 Å². The molecule has 3 aromatic carbocycles. The first-order chi connectivity index (χ1) is 17.4. The van der Waals surface area contributed by atoms with E-state index in [-0.39, 0.29) is 22.3 Å². The predicted molar refractivity (Wildman–Crippen MR) is 137 cm³/mol. The topological polar surface area (TPSA) is 111 Å². The van der Waals surface area contributed by atoms with Crippen LogP contribution < -0.4 is 20.1 Å². The van der Waals surface area contributed by atoms with E-state index in [0.29, 0.717) is 35.8 Å². The first kappa shape index (κ1) is 24.0. The van der Waals surface area contributed by atoms with Crippen molar-refractivity contribution in [3.05, 3.63) is 83.9 Å².